The Balaban J connectivity index is 2.80. The van der Waals surface area contributed by atoms with Gasteiger partial charge in [0.15, 0.2) is 11.5 Å². The largest absolute Gasteiger partial charge is 0.493 e. The van der Waals surface area contributed by atoms with E-state index in [0.29, 0.717) is 6.61 Å². The van der Waals surface area contributed by atoms with Crippen molar-refractivity contribution in [1.82, 2.24) is 0 Å². The smallest absolute Gasteiger partial charge is 0.165 e. The lowest BCUT2D eigenvalue weighted by Crippen LogP contribution is -2.15. The van der Waals surface area contributed by atoms with Gasteiger partial charge in [0.05, 0.1) is 13.2 Å². The van der Waals surface area contributed by atoms with Crippen LogP contribution >= 0.6 is 15.9 Å². The highest BCUT2D eigenvalue weighted by atomic mass is 79.9. The van der Waals surface area contributed by atoms with Crippen LogP contribution in [-0.2, 0) is 10.1 Å². The Hall–Kier alpha value is -0.740. The van der Waals surface area contributed by atoms with Crippen molar-refractivity contribution in [3.05, 3.63) is 23.8 Å². The van der Waals surface area contributed by atoms with E-state index in [4.69, 9.17) is 14.2 Å². The van der Waals surface area contributed by atoms with Crippen molar-refractivity contribution in [2.24, 2.45) is 0 Å². The molecular weight excluding hydrogens is 284 g/mol. The molecule has 1 rings (SSSR count). The zero-order chi connectivity index (χ0) is 12.7. The monoisotopic (exact) mass is 302 g/mol. The number of rotatable bonds is 7. The molecule has 0 spiro atoms. The first-order valence-corrected chi connectivity index (χ1v) is 6.72. The first-order valence-electron chi connectivity index (χ1n) is 5.60. The SMILES string of the molecule is COCCC(C)Oc1c(CBr)cccc1OC. The van der Waals surface area contributed by atoms with Gasteiger partial charge in [0.25, 0.3) is 0 Å². The third-order valence-corrected chi connectivity index (χ3v) is 3.08. The molecule has 0 aliphatic heterocycles. The molecule has 1 atom stereocenters. The summed E-state index contributed by atoms with van der Waals surface area (Å²) in [6, 6.07) is 5.89. The molecular formula is C13H19BrO3. The van der Waals surface area contributed by atoms with Gasteiger partial charge in [0.1, 0.15) is 0 Å². The van der Waals surface area contributed by atoms with Crippen LogP contribution < -0.4 is 9.47 Å². The number of hydrogen-bond acceptors (Lipinski definition) is 3. The molecule has 0 bridgehead atoms. The van der Waals surface area contributed by atoms with Crippen LogP contribution in [0.1, 0.15) is 18.9 Å². The van der Waals surface area contributed by atoms with Gasteiger partial charge in [0, 0.05) is 31.0 Å². The van der Waals surface area contributed by atoms with Gasteiger partial charge in [-0.15, -0.1) is 0 Å². The maximum Gasteiger partial charge on any atom is 0.165 e. The molecule has 1 unspecified atom stereocenters. The summed E-state index contributed by atoms with van der Waals surface area (Å²) < 4.78 is 16.3. The van der Waals surface area contributed by atoms with Gasteiger partial charge < -0.3 is 14.2 Å². The van der Waals surface area contributed by atoms with E-state index in [0.717, 1.165) is 28.8 Å². The fourth-order valence-electron chi connectivity index (χ4n) is 1.50. The molecule has 0 aliphatic rings. The number of ether oxygens (including phenoxy) is 3. The topological polar surface area (TPSA) is 27.7 Å². The fourth-order valence-corrected chi connectivity index (χ4v) is 1.95. The van der Waals surface area contributed by atoms with Gasteiger partial charge in [-0.25, -0.2) is 0 Å². The van der Waals surface area contributed by atoms with Crippen LogP contribution in [0.2, 0.25) is 0 Å². The molecule has 3 nitrogen and oxygen atoms in total. The number of halogens is 1. The lowest BCUT2D eigenvalue weighted by molar-refractivity contribution is 0.132. The zero-order valence-electron chi connectivity index (χ0n) is 10.5. The zero-order valence-corrected chi connectivity index (χ0v) is 12.1. The van der Waals surface area contributed by atoms with Gasteiger partial charge in [-0.2, -0.15) is 0 Å². The molecule has 0 aliphatic carbocycles. The number of para-hydroxylation sites is 1. The Bertz CT molecular complexity index is 319. The molecule has 96 valence electrons. The highest BCUT2D eigenvalue weighted by Crippen LogP contribution is 2.33. The number of methoxy groups -OCH3 is 2. The predicted octanol–water partition coefficient (Wildman–Crippen LogP) is 3.39. The first-order chi connectivity index (χ1) is 8.22. The number of alkyl halides is 1. The quantitative estimate of drug-likeness (QED) is 0.723. The predicted molar refractivity (Wildman–Crippen MR) is 72.2 cm³/mol. The minimum atomic E-state index is 0.101. The van der Waals surface area contributed by atoms with Crippen LogP contribution in [0.5, 0.6) is 11.5 Å². The van der Waals surface area contributed by atoms with E-state index in [9.17, 15) is 0 Å². The van der Waals surface area contributed by atoms with Gasteiger partial charge in [-0.05, 0) is 13.0 Å². The molecule has 0 fully saturated rings. The van der Waals surface area contributed by atoms with E-state index in [1.54, 1.807) is 14.2 Å². The average Bonchev–Trinajstić information content (AvgIpc) is 2.36. The summed E-state index contributed by atoms with van der Waals surface area (Å²) in [7, 11) is 3.35. The van der Waals surface area contributed by atoms with Gasteiger partial charge >= 0.3 is 0 Å². The molecule has 4 heteroatoms. The molecule has 0 heterocycles. The molecule has 1 aromatic carbocycles. The Kier molecular flexibility index (Phi) is 6.37. The fraction of sp³-hybridized carbons (Fsp3) is 0.538. The Morgan fingerprint density at radius 3 is 2.65 bits per heavy atom. The summed E-state index contributed by atoms with van der Waals surface area (Å²) in [5, 5.41) is 0.747. The van der Waals surface area contributed by atoms with Gasteiger partial charge in [0.2, 0.25) is 0 Å². The maximum atomic E-state index is 5.93. The van der Waals surface area contributed by atoms with Crippen molar-refractivity contribution in [3.63, 3.8) is 0 Å². The third kappa shape index (κ3) is 4.21. The molecule has 0 amide bonds. The highest BCUT2D eigenvalue weighted by Gasteiger charge is 2.13. The lowest BCUT2D eigenvalue weighted by Gasteiger charge is -2.18. The summed E-state index contributed by atoms with van der Waals surface area (Å²) in [6.45, 7) is 2.73. The molecule has 0 aromatic heterocycles. The number of hydrogen-bond donors (Lipinski definition) is 0. The minimum absolute atomic E-state index is 0.101. The maximum absolute atomic E-state index is 5.93. The molecule has 17 heavy (non-hydrogen) atoms. The second-order valence-electron chi connectivity index (χ2n) is 3.79. The van der Waals surface area contributed by atoms with E-state index >= 15 is 0 Å². The lowest BCUT2D eigenvalue weighted by atomic mass is 10.2. The Morgan fingerprint density at radius 2 is 2.06 bits per heavy atom. The van der Waals surface area contributed by atoms with Crippen LogP contribution in [0.4, 0.5) is 0 Å². The summed E-state index contributed by atoms with van der Waals surface area (Å²) >= 11 is 3.45. The second kappa shape index (κ2) is 7.56. The average molecular weight is 303 g/mol. The third-order valence-electron chi connectivity index (χ3n) is 2.47. The Morgan fingerprint density at radius 1 is 1.29 bits per heavy atom. The summed E-state index contributed by atoms with van der Waals surface area (Å²) in [6.07, 6.45) is 0.958. The normalized spacial score (nSPS) is 12.2. The van der Waals surface area contributed by atoms with E-state index in [-0.39, 0.29) is 6.10 Å². The van der Waals surface area contributed by atoms with Crippen LogP contribution in [0.3, 0.4) is 0 Å². The molecule has 0 N–H and O–H groups in total. The van der Waals surface area contributed by atoms with Crippen molar-refractivity contribution < 1.29 is 14.2 Å². The van der Waals surface area contributed by atoms with E-state index in [1.807, 2.05) is 25.1 Å². The van der Waals surface area contributed by atoms with Gasteiger partial charge in [-0.1, -0.05) is 28.1 Å². The van der Waals surface area contributed by atoms with Gasteiger partial charge in [-0.3, -0.25) is 0 Å². The molecule has 0 saturated heterocycles. The van der Waals surface area contributed by atoms with Crippen molar-refractivity contribution in [1.29, 1.82) is 0 Å². The molecule has 0 saturated carbocycles. The van der Waals surface area contributed by atoms with Crippen LogP contribution in [0.25, 0.3) is 0 Å². The van der Waals surface area contributed by atoms with Crippen LogP contribution in [0.15, 0.2) is 18.2 Å². The minimum Gasteiger partial charge on any atom is -0.493 e. The summed E-state index contributed by atoms with van der Waals surface area (Å²) in [5.41, 5.74) is 1.09. The van der Waals surface area contributed by atoms with E-state index in [1.165, 1.54) is 0 Å². The first kappa shape index (κ1) is 14.3. The van der Waals surface area contributed by atoms with Crippen molar-refractivity contribution in [3.8, 4) is 11.5 Å². The van der Waals surface area contributed by atoms with Crippen molar-refractivity contribution in [2.75, 3.05) is 20.8 Å². The molecule has 0 radical (unpaired) electrons. The van der Waals surface area contributed by atoms with Crippen LogP contribution in [0, 0.1) is 0 Å². The second-order valence-corrected chi connectivity index (χ2v) is 4.35. The van der Waals surface area contributed by atoms with E-state index in [2.05, 4.69) is 15.9 Å². The summed E-state index contributed by atoms with van der Waals surface area (Å²) in [5.74, 6) is 1.58. The van der Waals surface area contributed by atoms with Crippen LogP contribution in [-0.4, -0.2) is 26.9 Å². The van der Waals surface area contributed by atoms with E-state index < -0.39 is 0 Å². The Labute approximate surface area is 111 Å². The van der Waals surface area contributed by atoms with Crippen molar-refractivity contribution >= 4 is 15.9 Å². The standard InChI is InChI=1S/C13H19BrO3/c1-10(7-8-15-2)17-13-11(9-14)5-4-6-12(13)16-3/h4-6,10H,7-9H2,1-3H3. The number of benzene rings is 1. The molecule has 1 aromatic rings. The summed E-state index contributed by atoms with van der Waals surface area (Å²) in [4.78, 5) is 0. The highest BCUT2D eigenvalue weighted by molar-refractivity contribution is 9.08. The van der Waals surface area contributed by atoms with Crippen molar-refractivity contribution in [2.45, 2.75) is 24.8 Å².